The van der Waals surface area contributed by atoms with Crippen LogP contribution in [-0.4, -0.2) is 48.3 Å². The van der Waals surface area contributed by atoms with E-state index in [2.05, 4.69) is 9.97 Å². The van der Waals surface area contributed by atoms with Crippen molar-refractivity contribution in [2.75, 3.05) is 32.8 Å². The number of nitrogens with zero attached hydrogens (tertiary/aromatic N) is 4. The lowest BCUT2D eigenvalue weighted by atomic mass is 10.1. The van der Waals surface area contributed by atoms with Gasteiger partial charge in [0.15, 0.2) is 16.6 Å². The maximum atomic E-state index is 13.4. The molecule has 4 aromatic rings. The number of carbonyl (C=O) groups is 1. The van der Waals surface area contributed by atoms with Gasteiger partial charge in [0.2, 0.25) is 5.75 Å². The molecule has 0 saturated heterocycles. The van der Waals surface area contributed by atoms with Crippen molar-refractivity contribution < 1.29 is 19.0 Å². The highest BCUT2D eigenvalue weighted by molar-refractivity contribution is 7.22. The van der Waals surface area contributed by atoms with E-state index < -0.39 is 0 Å². The summed E-state index contributed by atoms with van der Waals surface area (Å²) < 4.78 is 19.1. The number of anilines is 1. The van der Waals surface area contributed by atoms with Gasteiger partial charge in [0.1, 0.15) is 5.52 Å². The molecule has 0 aliphatic heterocycles. The van der Waals surface area contributed by atoms with Crippen LogP contribution in [-0.2, 0) is 11.3 Å². The summed E-state index contributed by atoms with van der Waals surface area (Å²) in [5.74, 6) is 1.32. The van der Waals surface area contributed by atoms with Crippen molar-refractivity contribution in [3.63, 3.8) is 0 Å². The van der Waals surface area contributed by atoms with Gasteiger partial charge in [0, 0.05) is 31.6 Å². The van der Waals surface area contributed by atoms with Crippen LogP contribution in [0.3, 0.4) is 0 Å². The minimum absolute atomic E-state index is 0. The Labute approximate surface area is 224 Å². The number of hydrogen-bond donors (Lipinski definition) is 0. The highest BCUT2D eigenvalue weighted by Gasteiger charge is 2.19. The molecule has 2 aromatic heterocycles. The summed E-state index contributed by atoms with van der Waals surface area (Å²) >= 11 is 7.77. The molecule has 8 nitrogen and oxygen atoms in total. The number of aryl methyl sites for hydroxylation is 1. The number of fused-ring (bicyclic) bond motifs is 1. The fourth-order valence-electron chi connectivity index (χ4n) is 3.60. The van der Waals surface area contributed by atoms with Gasteiger partial charge < -0.3 is 18.8 Å². The van der Waals surface area contributed by atoms with Crippen LogP contribution in [0.25, 0.3) is 16.3 Å². The van der Waals surface area contributed by atoms with E-state index in [1.807, 2.05) is 22.9 Å². The molecular formula is C25H26Cl2N4O4S. The molecule has 0 radical (unpaired) electrons. The van der Waals surface area contributed by atoms with E-state index in [0.717, 1.165) is 23.2 Å². The van der Waals surface area contributed by atoms with Crippen molar-refractivity contribution >= 4 is 62.7 Å². The Morgan fingerprint density at radius 1 is 1.17 bits per heavy atom. The van der Waals surface area contributed by atoms with Crippen molar-refractivity contribution in [3.8, 4) is 17.2 Å². The number of imidazole rings is 1. The van der Waals surface area contributed by atoms with Crippen LogP contribution in [0.5, 0.6) is 17.2 Å². The summed E-state index contributed by atoms with van der Waals surface area (Å²) in [6.07, 6.45) is 9.35. The molecular weight excluding hydrogens is 523 g/mol. The predicted octanol–water partition coefficient (Wildman–Crippen LogP) is 5.73. The zero-order valence-corrected chi connectivity index (χ0v) is 22.4. The third-order valence-electron chi connectivity index (χ3n) is 5.32. The van der Waals surface area contributed by atoms with Crippen molar-refractivity contribution in [1.82, 2.24) is 14.5 Å². The summed E-state index contributed by atoms with van der Waals surface area (Å²) in [7, 11) is 4.65. The lowest BCUT2D eigenvalue weighted by Crippen LogP contribution is -2.30. The standard InChI is InChI=1S/C25H25ClN4O4S.ClH/c1-32-19-14-17(15-20(33-2)24(19)34-3)8-9-22(31)30(12-5-11-29-13-10-27-16-29)25-28-23-18(26)6-4-7-21(23)35-25;/h4,6-10,13-16H,5,11-12H2,1-3H3;1H/b9-8+;. The Kier molecular flexibility index (Phi) is 9.58. The third-order valence-corrected chi connectivity index (χ3v) is 6.67. The number of ether oxygens (including phenoxy) is 3. The number of halogens is 2. The van der Waals surface area contributed by atoms with Gasteiger partial charge in [-0.1, -0.05) is 29.0 Å². The molecule has 0 unspecified atom stereocenters. The van der Waals surface area contributed by atoms with Gasteiger partial charge in [-0.15, -0.1) is 12.4 Å². The van der Waals surface area contributed by atoms with Crippen molar-refractivity contribution in [1.29, 1.82) is 0 Å². The predicted molar refractivity (Wildman–Crippen MR) is 146 cm³/mol. The molecule has 0 saturated carbocycles. The van der Waals surface area contributed by atoms with Crippen LogP contribution in [0, 0.1) is 0 Å². The largest absolute Gasteiger partial charge is 0.493 e. The monoisotopic (exact) mass is 548 g/mol. The Hall–Kier alpha value is -3.27. The van der Waals surface area contributed by atoms with Crippen molar-refractivity contribution in [3.05, 3.63) is 65.7 Å². The van der Waals surface area contributed by atoms with Crippen LogP contribution < -0.4 is 19.1 Å². The number of rotatable bonds is 10. The number of aromatic nitrogens is 3. The third kappa shape index (κ3) is 6.10. The highest BCUT2D eigenvalue weighted by atomic mass is 35.5. The van der Waals surface area contributed by atoms with Gasteiger partial charge in [-0.25, -0.2) is 9.97 Å². The average Bonchev–Trinajstić information content (AvgIpc) is 3.55. The zero-order chi connectivity index (χ0) is 24.8. The SMILES string of the molecule is COc1cc(/C=C/C(=O)N(CCCn2ccnc2)c2nc3c(Cl)cccc3s2)cc(OC)c1OC.Cl. The van der Waals surface area contributed by atoms with E-state index in [1.165, 1.54) is 17.4 Å². The molecule has 0 aliphatic rings. The molecule has 1 amide bonds. The van der Waals surface area contributed by atoms with E-state index in [0.29, 0.717) is 39.5 Å². The maximum Gasteiger partial charge on any atom is 0.252 e. The molecule has 0 fully saturated rings. The number of hydrogen-bond acceptors (Lipinski definition) is 7. The summed E-state index contributed by atoms with van der Waals surface area (Å²) in [6.45, 7) is 1.21. The minimum atomic E-state index is -0.195. The molecule has 36 heavy (non-hydrogen) atoms. The molecule has 2 heterocycles. The topological polar surface area (TPSA) is 78.7 Å². The van der Waals surface area contributed by atoms with E-state index in [-0.39, 0.29) is 18.3 Å². The fraction of sp³-hybridized carbons (Fsp3) is 0.240. The number of benzene rings is 2. The number of thiazole rings is 1. The molecule has 0 spiro atoms. The van der Waals surface area contributed by atoms with Crippen LogP contribution >= 0.6 is 35.3 Å². The Morgan fingerprint density at radius 3 is 2.53 bits per heavy atom. The summed E-state index contributed by atoms with van der Waals surface area (Å²) in [6, 6.07) is 9.19. The van der Waals surface area contributed by atoms with E-state index in [1.54, 1.807) is 63.0 Å². The Bertz CT molecular complexity index is 1320. The quantitative estimate of drug-likeness (QED) is 0.235. The van der Waals surface area contributed by atoms with Crippen molar-refractivity contribution in [2.45, 2.75) is 13.0 Å². The fourth-order valence-corrected chi connectivity index (χ4v) is 4.90. The number of methoxy groups -OCH3 is 3. The zero-order valence-electron chi connectivity index (χ0n) is 20.0. The van der Waals surface area contributed by atoms with Crippen LogP contribution in [0.1, 0.15) is 12.0 Å². The van der Waals surface area contributed by atoms with Gasteiger partial charge >= 0.3 is 0 Å². The summed E-state index contributed by atoms with van der Waals surface area (Å²) in [5, 5.41) is 1.15. The van der Waals surface area contributed by atoms with Crippen LogP contribution in [0.4, 0.5) is 5.13 Å². The molecule has 0 bridgehead atoms. The molecule has 2 aromatic carbocycles. The molecule has 11 heteroatoms. The average molecular weight is 549 g/mol. The molecule has 190 valence electrons. The lowest BCUT2D eigenvalue weighted by Gasteiger charge is -2.18. The smallest absolute Gasteiger partial charge is 0.252 e. The van der Waals surface area contributed by atoms with Gasteiger partial charge in [-0.3, -0.25) is 9.69 Å². The van der Waals surface area contributed by atoms with E-state index >= 15 is 0 Å². The molecule has 4 rings (SSSR count). The highest BCUT2D eigenvalue weighted by Crippen LogP contribution is 2.38. The first-order valence-corrected chi connectivity index (χ1v) is 12.0. The molecule has 0 N–H and O–H groups in total. The Balaban J connectivity index is 0.00000361. The first kappa shape index (κ1) is 27.3. The minimum Gasteiger partial charge on any atom is -0.493 e. The van der Waals surface area contributed by atoms with Gasteiger partial charge in [-0.05, 0) is 42.3 Å². The lowest BCUT2D eigenvalue weighted by molar-refractivity contribution is -0.114. The second-order valence-corrected chi connectivity index (χ2v) is 8.94. The second-order valence-electron chi connectivity index (χ2n) is 7.52. The van der Waals surface area contributed by atoms with E-state index in [4.69, 9.17) is 25.8 Å². The van der Waals surface area contributed by atoms with Gasteiger partial charge in [-0.2, -0.15) is 0 Å². The van der Waals surface area contributed by atoms with Gasteiger partial charge in [0.25, 0.3) is 5.91 Å². The second kappa shape index (κ2) is 12.6. The number of amides is 1. The van der Waals surface area contributed by atoms with Crippen LogP contribution in [0.15, 0.2) is 55.1 Å². The molecule has 0 aliphatic carbocycles. The first-order chi connectivity index (χ1) is 17.0. The molecule has 0 atom stereocenters. The van der Waals surface area contributed by atoms with Crippen LogP contribution in [0.2, 0.25) is 5.02 Å². The maximum absolute atomic E-state index is 13.4. The van der Waals surface area contributed by atoms with Gasteiger partial charge in [0.05, 0.1) is 37.4 Å². The number of para-hydroxylation sites is 1. The normalized spacial score (nSPS) is 10.9. The first-order valence-electron chi connectivity index (χ1n) is 10.8. The summed E-state index contributed by atoms with van der Waals surface area (Å²) in [5.41, 5.74) is 1.42. The number of carbonyl (C=O) groups excluding carboxylic acids is 1. The van der Waals surface area contributed by atoms with Crippen molar-refractivity contribution in [2.24, 2.45) is 0 Å². The van der Waals surface area contributed by atoms with E-state index in [9.17, 15) is 4.79 Å². The summed E-state index contributed by atoms with van der Waals surface area (Å²) in [4.78, 5) is 23.8. The Morgan fingerprint density at radius 2 is 1.92 bits per heavy atom.